The fourth-order valence-electron chi connectivity index (χ4n) is 2.11. The van der Waals surface area contributed by atoms with Crippen LogP contribution in [-0.4, -0.2) is 25.8 Å². The second-order valence-electron chi connectivity index (χ2n) is 4.78. The van der Waals surface area contributed by atoms with Gasteiger partial charge in [-0.15, -0.1) is 11.6 Å². The van der Waals surface area contributed by atoms with Crippen LogP contribution in [0.5, 0.6) is 0 Å². The summed E-state index contributed by atoms with van der Waals surface area (Å²) < 4.78 is 0. The third-order valence-corrected chi connectivity index (χ3v) is 3.83. The number of alkyl halides is 1. The van der Waals surface area contributed by atoms with E-state index >= 15 is 0 Å². The zero-order valence-corrected chi connectivity index (χ0v) is 11.7. The van der Waals surface area contributed by atoms with Gasteiger partial charge in [-0.25, -0.2) is 15.0 Å². The predicted octanol–water partition coefficient (Wildman–Crippen LogP) is 2.92. The van der Waals surface area contributed by atoms with E-state index in [0.717, 1.165) is 11.1 Å². The molecule has 3 aromatic rings. The third kappa shape index (κ3) is 2.20. The number of imidazole rings is 1. The summed E-state index contributed by atoms with van der Waals surface area (Å²) in [7, 11) is 0. The molecule has 1 unspecified atom stereocenters. The van der Waals surface area contributed by atoms with E-state index in [-0.39, 0.29) is 0 Å². The Labute approximate surface area is 121 Å². The van der Waals surface area contributed by atoms with E-state index in [1.165, 1.54) is 6.33 Å². The molecule has 0 aliphatic rings. The molecule has 6 heteroatoms. The lowest BCUT2D eigenvalue weighted by molar-refractivity contribution is 0.614. The number of aromatic nitrogens is 4. The summed E-state index contributed by atoms with van der Waals surface area (Å²) in [4.78, 5) is 15.6. The number of fused-ring (bicyclic) bond motifs is 1. The van der Waals surface area contributed by atoms with Crippen LogP contribution in [0.2, 0.25) is 0 Å². The third-order valence-electron chi connectivity index (χ3n) is 3.30. The number of halogens is 1. The Bertz CT molecular complexity index is 712. The molecule has 0 saturated carbocycles. The molecule has 0 fully saturated rings. The molecule has 1 aromatic carbocycles. The van der Waals surface area contributed by atoms with Crippen LogP contribution in [0.4, 0.5) is 5.82 Å². The van der Waals surface area contributed by atoms with Crippen molar-refractivity contribution in [2.45, 2.75) is 12.5 Å². The second kappa shape index (κ2) is 5.09. The van der Waals surface area contributed by atoms with Crippen molar-refractivity contribution >= 4 is 28.6 Å². The molecule has 0 radical (unpaired) electrons. The number of benzene rings is 1. The van der Waals surface area contributed by atoms with Crippen molar-refractivity contribution in [1.29, 1.82) is 0 Å². The van der Waals surface area contributed by atoms with Crippen molar-refractivity contribution in [3.05, 3.63) is 48.5 Å². The Hall–Kier alpha value is -2.14. The second-order valence-corrected chi connectivity index (χ2v) is 5.05. The van der Waals surface area contributed by atoms with Crippen molar-refractivity contribution in [2.75, 3.05) is 11.2 Å². The van der Waals surface area contributed by atoms with Gasteiger partial charge >= 0.3 is 0 Å². The van der Waals surface area contributed by atoms with Gasteiger partial charge < -0.3 is 10.3 Å². The topological polar surface area (TPSA) is 66.5 Å². The Kier molecular flexibility index (Phi) is 3.28. The molecule has 0 aliphatic heterocycles. The molecule has 1 atom stereocenters. The average molecular weight is 288 g/mol. The number of aromatic amines is 1. The van der Waals surface area contributed by atoms with Crippen LogP contribution in [0, 0.1) is 0 Å². The number of nitrogens with one attached hydrogen (secondary N) is 2. The van der Waals surface area contributed by atoms with Gasteiger partial charge in [0.2, 0.25) is 0 Å². The van der Waals surface area contributed by atoms with Gasteiger partial charge in [0.05, 0.1) is 11.9 Å². The summed E-state index contributed by atoms with van der Waals surface area (Å²) in [6, 6.07) is 10.1. The highest BCUT2D eigenvalue weighted by Crippen LogP contribution is 2.28. The molecule has 2 aromatic heterocycles. The normalized spacial score (nSPS) is 14.1. The number of rotatable bonds is 4. The van der Waals surface area contributed by atoms with E-state index in [4.69, 9.17) is 11.6 Å². The zero-order chi connectivity index (χ0) is 14.0. The fourth-order valence-corrected chi connectivity index (χ4v) is 2.33. The molecular formula is C14H14ClN5. The maximum Gasteiger partial charge on any atom is 0.182 e. The zero-order valence-electron chi connectivity index (χ0n) is 11.0. The molecule has 0 amide bonds. The minimum Gasteiger partial charge on any atom is -0.358 e. The molecule has 5 nitrogen and oxygen atoms in total. The standard InChI is InChI=1S/C14H14ClN5/c1-14(7-15,10-5-3-2-4-6-10)20-13-11-12(17-8-16-11)18-9-19-13/h2-6,8-9H,7H2,1H3,(H2,16,17,18,19,20). The van der Waals surface area contributed by atoms with Crippen LogP contribution in [0.15, 0.2) is 43.0 Å². The molecule has 0 spiro atoms. The number of H-pyrrole nitrogens is 1. The monoisotopic (exact) mass is 287 g/mol. The minimum atomic E-state index is -0.421. The Morgan fingerprint density at radius 3 is 2.75 bits per heavy atom. The molecule has 102 valence electrons. The van der Waals surface area contributed by atoms with E-state index < -0.39 is 5.54 Å². The average Bonchev–Trinajstić information content (AvgIpc) is 2.98. The lowest BCUT2D eigenvalue weighted by Gasteiger charge is -2.29. The Morgan fingerprint density at radius 1 is 1.20 bits per heavy atom. The van der Waals surface area contributed by atoms with Gasteiger partial charge in [-0.2, -0.15) is 0 Å². The van der Waals surface area contributed by atoms with Gasteiger partial charge in [-0.3, -0.25) is 0 Å². The van der Waals surface area contributed by atoms with E-state index in [0.29, 0.717) is 17.3 Å². The first-order chi connectivity index (χ1) is 9.73. The van der Waals surface area contributed by atoms with Gasteiger partial charge in [0.1, 0.15) is 11.8 Å². The maximum atomic E-state index is 6.19. The van der Waals surface area contributed by atoms with Gasteiger partial charge in [0.25, 0.3) is 0 Å². The molecule has 0 bridgehead atoms. The first kappa shape index (κ1) is 12.9. The van der Waals surface area contributed by atoms with Crippen molar-refractivity contribution < 1.29 is 0 Å². The molecule has 0 saturated heterocycles. The van der Waals surface area contributed by atoms with Crippen molar-refractivity contribution in [2.24, 2.45) is 0 Å². The SMILES string of the molecule is CC(CCl)(Nc1ncnc2nc[nH]c12)c1ccccc1. The first-order valence-corrected chi connectivity index (χ1v) is 6.80. The molecular weight excluding hydrogens is 274 g/mol. The first-order valence-electron chi connectivity index (χ1n) is 6.27. The Balaban J connectivity index is 2.01. The van der Waals surface area contributed by atoms with E-state index in [2.05, 4.69) is 25.3 Å². The fraction of sp³-hybridized carbons (Fsp3) is 0.214. The number of hydrogen-bond donors (Lipinski definition) is 2. The van der Waals surface area contributed by atoms with Crippen LogP contribution >= 0.6 is 11.6 Å². The van der Waals surface area contributed by atoms with Crippen molar-refractivity contribution in [1.82, 2.24) is 19.9 Å². The van der Waals surface area contributed by atoms with Crippen LogP contribution < -0.4 is 5.32 Å². The quantitative estimate of drug-likeness (QED) is 0.724. The van der Waals surface area contributed by atoms with Crippen molar-refractivity contribution in [3.8, 4) is 0 Å². The van der Waals surface area contributed by atoms with E-state index in [1.54, 1.807) is 6.33 Å². The molecule has 2 heterocycles. The van der Waals surface area contributed by atoms with Crippen LogP contribution in [0.25, 0.3) is 11.2 Å². The summed E-state index contributed by atoms with van der Waals surface area (Å²) in [6.45, 7) is 2.04. The van der Waals surface area contributed by atoms with Crippen LogP contribution in [-0.2, 0) is 5.54 Å². The number of hydrogen-bond acceptors (Lipinski definition) is 4. The summed E-state index contributed by atoms with van der Waals surface area (Å²) in [5.41, 5.74) is 2.09. The maximum absolute atomic E-state index is 6.19. The molecule has 20 heavy (non-hydrogen) atoms. The molecule has 2 N–H and O–H groups in total. The minimum absolute atomic E-state index is 0.413. The Morgan fingerprint density at radius 2 is 2.00 bits per heavy atom. The van der Waals surface area contributed by atoms with Crippen LogP contribution in [0.3, 0.4) is 0 Å². The summed E-state index contributed by atoms with van der Waals surface area (Å²) in [5, 5.41) is 3.40. The number of nitrogens with zero attached hydrogens (tertiary/aromatic N) is 3. The predicted molar refractivity (Wildman–Crippen MR) is 79.8 cm³/mol. The van der Waals surface area contributed by atoms with Gasteiger partial charge in [0.15, 0.2) is 11.5 Å². The smallest absolute Gasteiger partial charge is 0.182 e. The highest BCUT2D eigenvalue weighted by Gasteiger charge is 2.26. The van der Waals surface area contributed by atoms with Gasteiger partial charge in [-0.1, -0.05) is 30.3 Å². The highest BCUT2D eigenvalue weighted by molar-refractivity contribution is 6.18. The summed E-state index contributed by atoms with van der Waals surface area (Å²) in [5.74, 6) is 1.11. The largest absolute Gasteiger partial charge is 0.358 e. The molecule has 3 rings (SSSR count). The van der Waals surface area contributed by atoms with Gasteiger partial charge in [-0.05, 0) is 12.5 Å². The highest BCUT2D eigenvalue weighted by atomic mass is 35.5. The van der Waals surface area contributed by atoms with E-state index in [1.807, 2.05) is 37.3 Å². The lowest BCUT2D eigenvalue weighted by atomic mass is 9.94. The van der Waals surface area contributed by atoms with Crippen molar-refractivity contribution in [3.63, 3.8) is 0 Å². The summed E-state index contributed by atoms with van der Waals surface area (Å²) >= 11 is 6.19. The van der Waals surface area contributed by atoms with Gasteiger partial charge in [0, 0.05) is 5.88 Å². The van der Waals surface area contributed by atoms with E-state index in [9.17, 15) is 0 Å². The number of anilines is 1. The van der Waals surface area contributed by atoms with Crippen LogP contribution in [0.1, 0.15) is 12.5 Å². The molecule has 0 aliphatic carbocycles. The lowest BCUT2D eigenvalue weighted by Crippen LogP contribution is -2.34. The summed E-state index contributed by atoms with van der Waals surface area (Å²) in [6.07, 6.45) is 3.09.